The quantitative estimate of drug-likeness (QED) is 0.659. The normalized spacial score (nSPS) is 14.9. The number of rotatable bonds is 3. The predicted molar refractivity (Wildman–Crippen MR) is 91.5 cm³/mol. The predicted octanol–water partition coefficient (Wildman–Crippen LogP) is 5.26. The van der Waals surface area contributed by atoms with Gasteiger partial charge in [-0.1, -0.05) is 24.3 Å². The Morgan fingerprint density at radius 3 is 2.22 bits per heavy atom. The Balaban J connectivity index is 2.07. The summed E-state index contributed by atoms with van der Waals surface area (Å²) in [6.45, 7) is 0. The lowest BCUT2D eigenvalue weighted by molar-refractivity contribution is -0.137. The molecule has 2 nitrogen and oxygen atoms in total. The van der Waals surface area contributed by atoms with Crippen LogP contribution in [0.1, 0.15) is 23.1 Å². The third-order valence-electron chi connectivity index (χ3n) is 4.15. The summed E-state index contributed by atoms with van der Waals surface area (Å²) in [4.78, 5) is -0.771. The van der Waals surface area contributed by atoms with E-state index in [4.69, 9.17) is 0 Å². The Labute approximate surface area is 152 Å². The van der Waals surface area contributed by atoms with Crippen molar-refractivity contribution in [2.24, 2.45) is 0 Å². The molecule has 3 rings (SSSR count). The summed E-state index contributed by atoms with van der Waals surface area (Å²) in [5.41, 5.74) is -0.315. The van der Waals surface area contributed by atoms with E-state index in [1.807, 2.05) is 0 Å². The molecule has 1 aliphatic rings. The first-order valence-corrected chi connectivity index (χ1v) is 9.65. The maximum atomic E-state index is 14.5. The minimum absolute atomic E-state index is 0.207. The Morgan fingerprint density at radius 2 is 1.59 bits per heavy atom. The third-order valence-corrected chi connectivity index (χ3v) is 5.26. The van der Waals surface area contributed by atoms with E-state index in [1.54, 1.807) is 12.2 Å². The highest BCUT2D eigenvalue weighted by Crippen LogP contribution is 2.40. The Kier molecular flexibility index (Phi) is 4.71. The van der Waals surface area contributed by atoms with Crippen LogP contribution in [-0.2, 0) is 16.0 Å². The van der Waals surface area contributed by atoms with Gasteiger partial charge in [-0.3, -0.25) is 0 Å². The van der Waals surface area contributed by atoms with Gasteiger partial charge in [0.05, 0.1) is 5.56 Å². The minimum Gasteiger partial charge on any atom is -0.224 e. The Bertz CT molecular complexity index is 1080. The number of alkyl halides is 3. The van der Waals surface area contributed by atoms with E-state index in [1.165, 1.54) is 12.1 Å². The van der Waals surface area contributed by atoms with Crippen LogP contribution >= 0.6 is 0 Å². The van der Waals surface area contributed by atoms with Crippen molar-refractivity contribution < 1.29 is 30.4 Å². The molecule has 0 saturated carbocycles. The molecule has 0 aromatic heterocycles. The van der Waals surface area contributed by atoms with Crippen LogP contribution in [0.3, 0.4) is 0 Å². The zero-order chi connectivity index (χ0) is 20.0. The second-order valence-electron chi connectivity index (χ2n) is 6.08. The summed E-state index contributed by atoms with van der Waals surface area (Å²) in [6, 6.07) is 5.87. The van der Waals surface area contributed by atoms with Gasteiger partial charge in [0.15, 0.2) is 9.84 Å². The molecular formula is C19H13F5O2S. The van der Waals surface area contributed by atoms with Gasteiger partial charge in [-0.05, 0) is 47.4 Å². The van der Waals surface area contributed by atoms with Crippen molar-refractivity contribution in [3.05, 3.63) is 76.9 Å². The fourth-order valence-corrected chi connectivity index (χ4v) is 3.66. The van der Waals surface area contributed by atoms with Crippen LogP contribution in [0.25, 0.3) is 11.1 Å². The van der Waals surface area contributed by atoms with E-state index in [0.29, 0.717) is 18.1 Å². The van der Waals surface area contributed by atoms with Crippen molar-refractivity contribution in [1.29, 1.82) is 0 Å². The van der Waals surface area contributed by atoms with Crippen LogP contribution in [0, 0.1) is 11.6 Å². The van der Waals surface area contributed by atoms with Crippen molar-refractivity contribution in [2.75, 3.05) is 6.26 Å². The van der Waals surface area contributed by atoms with Crippen molar-refractivity contribution in [3.63, 3.8) is 0 Å². The Morgan fingerprint density at radius 1 is 0.926 bits per heavy atom. The van der Waals surface area contributed by atoms with E-state index in [9.17, 15) is 30.4 Å². The Hall–Kier alpha value is -2.48. The zero-order valence-electron chi connectivity index (χ0n) is 13.9. The van der Waals surface area contributed by atoms with Gasteiger partial charge in [-0.25, -0.2) is 17.2 Å². The molecule has 2 aromatic rings. The molecule has 0 radical (unpaired) electrons. The minimum atomic E-state index is -4.53. The van der Waals surface area contributed by atoms with E-state index < -0.39 is 38.1 Å². The first-order valence-electron chi connectivity index (χ1n) is 7.76. The van der Waals surface area contributed by atoms with Crippen molar-refractivity contribution in [2.45, 2.75) is 17.5 Å². The molecule has 0 unspecified atom stereocenters. The van der Waals surface area contributed by atoms with Gasteiger partial charge in [0.1, 0.15) is 16.5 Å². The number of hydrogen-bond acceptors (Lipinski definition) is 2. The maximum absolute atomic E-state index is 14.5. The highest BCUT2D eigenvalue weighted by molar-refractivity contribution is 7.90. The molecular weight excluding hydrogens is 387 g/mol. The summed E-state index contributed by atoms with van der Waals surface area (Å²) in [5.74, 6) is -2.09. The molecule has 0 N–H and O–H groups in total. The molecule has 2 aromatic carbocycles. The van der Waals surface area contributed by atoms with Gasteiger partial charge in [0, 0.05) is 11.8 Å². The molecule has 0 atom stereocenters. The van der Waals surface area contributed by atoms with Crippen molar-refractivity contribution in [3.8, 4) is 0 Å². The molecule has 0 aliphatic heterocycles. The highest BCUT2D eigenvalue weighted by Gasteiger charge is 2.31. The summed E-state index contributed by atoms with van der Waals surface area (Å²) in [7, 11) is -3.96. The molecule has 0 saturated heterocycles. The largest absolute Gasteiger partial charge is 0.416 e. The molecule has 0 heterocycles. The van der Waals surface area contributed by atoms with E-state index in [-0.39, 0.29) is 16.7 Å². The first-order chi connectivity index (χ1) is 12.5. The van der Waals surface area contributed by atoms with Crippen LogP contribution in [0.2, 0.25) is 0 Å². The molecule has 27 heavy (non-hydrogen) atoms. The van der Waals surface area contributed by atoms with Gasteiger partial charge >= 0.3 is 6.18 Å². The monoisotopic (exact) mass is 400 g/mol. The lowest BCUT2D eigenvalue weighted by Gasteiger charge is -2.14. The highest BCUT2D eigenvalue weighted by atomic mass is 32.2. The second-order valence-corrected chi connectivity index (χ2v) is 8.07. The van der Waals surface area contributed by atoms with Crippen LogP contribution in [0.4, 0.5) is 22.0 Å². The van der Waals surface area contributed by atoms with Gasteiger partial charge in [-0.15, -0.1) is 0 Å². The van der Waals surface area contributed by atoms with Gasteiger partial charge in [0.25, 0.3) is 0 Å². The number of hydrogen-bond donors (Lipinski definition) is 0. The number of benzene rings is 2. The standard InChI is InChI=1S/C19H13F5O2S/c1-27(25,26)18-10-16(20)15(9-17(18)21)14-7-3-6-13(14)11-4-2-5-12(8-11)19(22,23)24/h2,4-10H,3H2,1H3. The van der Waals surface area contributed by atoms with Crippen LogP contribution in [0.5, 0.6) is 0 Å². The van der Waals surface area contributed by atoms with Gasteiger partial charge in [-0.2, -0.15) is 13.2 Å². The van der Waals surface area contributed by atoms with Gasteiger partial charge in [0.2, 0.25) is 0 Å². The van der Waals surface area contributed by atoms with E-state index in [0.717, 1.165) is 24.5 Å². The first kappa shape index (κ1) is 19.3. The summed E-state index contributed by atoms with van der Waals surface area (Å²) in [5, 5.41) is 0. The second kappa shape index (κ2) is 6.60. The molecule has 0 bridgehead atoms. The average Bonchev–Trinajstić information content (AvgIpc) is 3.04. The lowest BCUT2D eigenvalue weighted by Crippen LogP contribution is -2.06. The summed E-state index contributed by atoms with van der Waals surface area (Å²) >= 11 is 0. The number of allylic oxidation sites excluding steroid dienone is 4. The zero-order valence-corrected chi connectivity index (χ0v) is 14.8. The molecule has 8 heteroatoms. The summed E-state index contributed by atoms with van der Waals surface area (Å²) < 4.78 is 90.6. The molecule has 0 amide bonds. The van der Waals surface area contributed by atoms with Crippen LogP contribution < -0.4 is 0 Å². The van der Waals surface area contributed by atoms with Crippen molar-refractivity contribution in [1.82, 2.24) is 0 Å². The molecule has 0 spiro atoms. The molecule has 142 valence electrons. The van der Waals surface area contributed by atoms with E-state index in [2.05, 4.69) is 0 Å². The molecule has 0 fully saturated rings. The van der Waals surface area contributed by atoms with Crippen LogP contribution in [0.15, 0.2) is 53.4 Å². The fraction of sp³-hybridized carbons (Fsp3) is 0.158. The van der Waals surface area contributed by atoms with E-state index >= 15 is 0 Å². The van der Waals surface area contributed by atoms with Gasteiger partial charge < -0.3 is 0 Å². The molecule has 1 aliphatic carbocycles. The smallest absolute Gasteiger partial charge is 0.224 e. The van der Waals surface area contributed by atoms with Crippen LogP contribution in [-0.4, -0.2) is 14.7 Å². The maximum Gasteiger partial charge on any atom is 0.416 e. The number of sulfone groups is 1. The summed E-state index contributed by atoms with van der Waals surface area (Å²) in [6.07, 6.45) is -0.295. The fourth-order valence-electron chi connectivity index (χ4n) is 2.93. The topological polar surface area (TPSA) is 34.1 Å². The number of halogens is 5. The SMILES string of the molecule is CS(=O)(=O)c1cc(F)c(C2=CCC=C2c2cccc(C(F)(F)F)c2)cc1F. The lowest BCUT2D eigenvalue weighted by atomic mass is 9.93. The van der Waals surface area contributed by atoms with Crippen molar-refractivity contribution >= 4 is 21.0 Å². The average molecular weight is 400 g/mol. The third kappa shape index (κ3) is 3.80.